The molecule has 1 unspecified atom stereocenters. The van der Waals surface area contributed by atoms with Crippen molar-refractivity contribution in [1.82, 2.24) is 0 Å². The molecule has 19 heavy (non-hydrogen) atoms. The zero-order valence-electron chi connectivity index (χ0n) is 11.3. The summed E-state index contributed by atoms with van der Waals surface area (Å²) in [6, 6.07) is 5.55. The van der Waals surface area contributed by atoms with Gasteiger partial charge in [0.05, 0.1) is 12.1 Å². The van der Waals surface area contributed by atoms with Crippen molar-refractivity contribution in [3.05, 3.63) is 23.8 Å². The van der Waals surface area contributed by atoms with E-state index in [0.29, 0.717) is 18.5 Å². The molecule has 0 aliphatic carbocycles. The summed E-state index contributed by atoms with van der Waals surface area (Å²) in [5.74, 6) is -0.323. The lowest BCUT2D eigenvalue weighted by Gasteiger charge is -2.16. The number of carbonyl (C=O) groups is 2. The fourth-order valence-electron chi connectivity index (χ4n) is 2.21. The molecule has 0 aromatic heterocycles. The van der Waals surface area contributed by atoms with Gasteiger partial charge in [-0.1, -0.05) is 0 Å². The third kappa shape index (κ3) is 2.76. The van der Waals surface area contributed by atoms with Crippen molar-refractivity contribution in [1.29, 1.82) is 0 Å². The molecule has 0 saturated carbocycles. The van der Waals surface area contributed by atoms with Gasteiger partial charge in [-0.05, 0) is 37.1 Å². The van der Waals surface area contributed by atoms with Gasteiger partial charge < -0.3 is 11.1 Å². The molecule has 3 N–H and O–H groups in total. The predicted molar refractivity (Wildman–Crippen MR) is 75.1 cm³/mol. The van der Waals surface area contributed by atoms with Crippen molar-refractivity contribution < 1.29 is 9.59 Å². The van der Waals surface area contributed by atoms with Gasteiger partial charge in [0.15, 0.2) is 0 Å². The van der Waals surface area contributed by atoms with Gasteiger partial charge in [0.1, 0.15) is 0 Å². The number of nitrogens with two attached hydrogens (primary N) is 1. The monoisotopic (exact) mass is 261 g/mol. The predicted octanol–water partition coefficient (Wildman–Crippen LogP) is 1.27. The Balaban J connectivity index is 2.20. The molecule has 1 aromatic rings. The number of fused-ring (bicyclic) bond motifs is 1. The zero-order chi connectivity index (χ0) is 14.0. The van der Waals surface area contributed by atoms with Gasteiger partial charge in [-0.25, -0.2) is 4.90 Å². The van der Waals surface area contributed by atoms with E-state index in [4.69, 9.17) is 5.73 Å². The van der Waals surface area contributed by atoms with E-state index in [0.717, 1.165) is 11.3 Å². The Hall–Kier alpha value is -1.88. The Bertz CT molecular complexity index is 511. The molecule has 5 nitrogen and oxygen atoms in total. The molecule has 5 heteroatoms. The van der Waals surface area contributed by atoms with E-state index >= 15 is 0 Å². The van der Waals surface area contributed by atoms with Crippen LogP contribution in [0.1, 0.15) is 25.3 Å². The molecule has 1 aliphatic rings. The maximum absolute atomic E-state index is 12.1. The quantitative estimate of drug-likeness (QED) is 0.856. The normalized spacial score (nSPS) is 15.3. The van der Waals surface area contributed by atoms with Gasteiger partial charge in [-0.2, -0.15) is 0 Å². The SMILES string of the molecule is CNc1ccc2c(c1)CC(=O)N2C(=O)CCC(C)N. The largest absolute Gasteiger partial charge is 0.388 e. The van der Waals surface area contributed by atoms with Crippen LogP contribution in [0.2, 0.25) is 0 Å². The highest BCUT2D eigenvalue weighted by Crippen LogP contribution is 2.31. The van der Waals surface area contributed by atoms with Gasteiger partial charge in [0.2, 0.25) is 11.8 Å². The second kappa shape index (κ2) is 5.40. The zero-order valence-corrected chi connectivity index (χ0v) is 11.3. The first-order valence-corrected chi connectivity index (χ1v) is 6.45. The number of nitrogens with zero attached hydrogens (tertiary/aromatic N) is 1. The molecular weight excluding hydrogens is 242 g/mol. The minimum Gasteiger partial charge on any atom is -0.388 e. The number of nitrogens with one attached hydrogen (secondary N) is 1. The van der Waals surface area contributed by atoms with E-state index < -0.39 is 0 Å². The number of benzene rings is 1. The Morgan fingerprint density at radius 3 is 2.89 bits per heavy atom. The number of amides is 2. The molecular formula is C14H19N3O2. The smallest absolute Gasteiger partial charge is 0.238 e. The average molecular weight is 261 g/mol. The van der Waals surface area contributed by atoms with E-state index in [-0.39, 0.29) is 24.3 Å². The number of hydrogen-bond acceptors (Lipinski definition) is 4. The Labute approximate surface area is 112 Å². The minimum atomic E-state index is -0.168. The number of anilines is 2. The van der Waals surface area contributed by atoms with Gasteiger partial charge in [-0.3, -0.25) is 9.59 Å². The first-order valence-electron chi connectivity index (χ1n) is 6.45. The molecule has 0 radical (unpaired) electrons. The lowest BCUT2D eigenvalue weighted by molar-refractivity contribution is -0.125. The molecule has 0 fully saturated rings. The maximum Gasteiger partial charge on any atom is 0.238 e. The van der Waals surface area contributed by atoms with Crippen molar-refractivity contribution in [2.24, 2.45) is 5.73 Å². The third-order valence-electron chi connectivity index (χ3n) is 3.26. The topological polar surface area (TPSA) is 75.4 Å². The standard InChI is InChI=1S/C14H19N3O2/c1-9(15)3-6-13(18)17-12-5-4-11(16-2)7-10(12)8-14(17)19/h4-5,7,9,16H,3,6,8,15H2,1-2H3. The van der Waals surface area contributed by atoms with Crippen LogP contribution in [0.4, 0.5) is 11.4 Å². The summed E-state index contributed by atoms with van der Waals surface area (Å²) in [7, 11) is 1.82. The average Bonchev–Trinajstić information content (AvgIpc) is 2.70. The Kier molecular flexibility index (Phi) is 3.85. The van der Waals surface area contributed by atoms with Crippen molar-refractivity contribution >= 4 is 23.2 Å². The summed E-state index contributed by atoms with van der Waals surface area (Å²) < 4.78 is 0. The summed E-state index contributed by atoms with van der Waals surface area (Å²) in [6.45, 7) is 1.85. The lowest BCUT2D eigenvalue weighted by Crippen LogP contribution is -2.34. The van der Waals surface area contributed by atoms with E-state index in [1.165, 1.54) is 4.90 Å². The van der Waals surface area contributed by atoms with Crippen LogP contribution in [0, 0.1) is 0 Å². The van der Waals surface area contributed by atoms with Crippen molar-refractivity contribution in [3.63, 3.8) is 0 Å². The second-order valence-corrected chi connectivity index (χ2v) is 4.91. The lowest BCUT2D eigenvalue weighted by atomic mass is 10.1. The van der Waals surface area contributed by atoms with Gasteiger partial charge >= 0.3 is 0 Å². The Morgan fingerprint density at radius 1 is 1.53 bits per heavy atom. The van der Waals surface area contributed by atoms with Crippen molar-refractivity contribution in [3.8, 4) is 0 Å². The fourth-order valence-corrected chi connectivity index (χ4v) is 2.21. The molecule has 1 aliphatic heterocycles. The molecule has 2 amide bonds. The summed E-state index contributed by atoms with van der Waals surface area (Å²) in [6.07, 6.45) is 1.18. The van der Waals surface area contributed by atoms with Crippen LogP contribution in [-0.4, -0.2) is 24.9 Å². The van der Waals surface area contributed by atoms with Crippen molar-refractivity contribution in [2.75, 3.05) is 17.3 Å². The summed E-state index contributed by atoms with van der Waals surface area (Å²) in [5, 5.41) is 3.02. The minimum absolute atomic E-state index is 0.0345. The fraction of sp³-hybridized carbons (Fsp3) is 0.429. The molecule has 0 saturated heterocycles. The van der Waals surface area contributed by atoms with Gasteiger partial charge in [0.25, 0.3) is 0 Å². The van der Waals surface area contributed by atoms with Crippen LogP contribution >= 0.6 is 0 Å². The van der Waals surface area contributed by atoms with E-state index in [2.05, 4.69) is 5.32 Å². The number of carbonyl (C=O) groups excluding carboxylic acids is 2. The number of imide groups is 1. The summed E-state index contributed by atoms with van der Waals surface area (Å²) in [4.78, 5) is 25.4. The van der Waals surface area contributed by atoms with Crippen LogP contribution in [0.25, 0.3) is 0 Å². The molecule has 1 heterocycles. The summed E-state index contributed by atoms with van der Waals surface area (Å²) >= 11 is 0. The summed E-state index contributed by atoms with van der Waals surface area (Å²) in [5.41, 5.74) is 8.19. The van der Waals surface area contributed by atoms with Crippen LogP contribution in [-0.2, 0) is 16.0 Å². The van der Waals surface area contributed by atoms with E-state index in [1.807, 2.05) is 32.2 Å². The van der Waals surface area contributed by atoms with Crippen LogP contribution in [0.15, 0.2) is 18.2 Å². The highest BCUT2D eigenvalue weighted by atomic mass is 16.2. The Morgan fingerprint density at radius 2 is 2.26 bits per heavy atom. The number of hydrogen-bond donors (Lipinski definition) is 2. The molecule has 2 rings (SSSR count). The van der Waals surface area contributed by atoms with Gasteiger partial charge in [-0.15, -0.1) is 0 Å². The van der Waals surface area contributed by atoms with Crippen LogP contribution in [0.3, 0.4) is 0 Å². The molecule has 1 atom stereocenters. The van der Waals surface area contributed by atoms with E-state index in [1.54, 1.807) is 0 Å². The molecule has 102 valence electrons. The van der Waals surface area contributed by atoms with Crippen LogP contribution in [0.5, 0.6) is 0 Å². The first-order chi connectivity index (χ1) is 9.02. The molecule has 0 bridgehead atoms. The highest BCUT2D eigenvalue weighted by molar-refractivity contribution is 6.19. The third-order valence-corrected chi connectivity index (χ3v) is 3.26. The maximum atomic E-state index is 12.1. The van der Waals surface area contributed by atoms with Crippen LogP contribution < -0.4 is 16.0 Å². The molecule has 1 aromatic carbocycles. The van der Waals surface area contributed by atoms with Gasteiger partial charge in [0, 0.05) is 25.2 Å². The first kappa shape index (κ1) is 13.5. The second-order valence-electron chi connectivity index (χ2n) is 4.91. The van der Waals surface area contributed by atoms with Crippen molar-refractivity contribution in [2.45, 2.75) is 32.2 Å². The highest BCUT2D eigenvalue weighted by Gasteiger charge is 2.32. The molecule has 0 spiro atoms. The number of rotatable bonds is 4. The van der Waals surface area contributed by atoms with E-state index in [9.17, 15) is 9.59 Å².